The van der Waals surface area contributed by atoms with Crippen LogP contribution in [-0.2, 0) is 10.4 Å². The number of carbonyl (C=O) groups is 1. The Morgan fingerprint density at radius 1 is 0.926 bits per heavy atom. The zero-order valence-corrected chi connectivity index (χ0v) is 16.2. The van der Waals surface area contributed by atoms with Crippen LogP contribution in [0.1, 0.15) is 34.3 Å². The molecule has 0 aliphatic carbocycles. The molecular formula is C23H18BrNO2. The molecule has 0 amide bonds. The lowest BCUT2D eigenvalue weighted by Crippen LogP contribution is -2.30. The number of carbonyl (C=O) groups excluding carboxylic acids is 1. The molecule has 0 spiro atoms. The first-order valence-electron chi connectivity index (χ1n) is 8.81. The zero-order chi connectivity index (χ0) is 18.7. The van der Waals surface area contributed by atoms with Crippen LogP contribution in [0.4, 0.5) is 0 Å². The van der Waals surface area contributed by atoms with E-state index in [1.807, 2.05) is 84.9 Å². The molecule has 0 saturated carbocycles. The molecule has 1 atom stereocenters. The average molecular weight is 420 g/mol. The Labute approximate surface area is 166 Å². The molecule has 3 aromatic carbocycles. The molecule has 3 aromatic rings. The first-order chi connectivity index (χ1) is 13.2. The Hall–Kier alpha value is -2.72. The van der Waals surface area contributed by atoms with Crippen molar-refractivity contribution in [3.63, 3.8) is 0 Å². The van der Waals surface area contributed by atoms with Gasteiger partial charge < -0.3 is 4.84 Å². The van der Waals surface area contributed by atoms with Gasteiger partial charge in [-0.1, -0.05) is 93.9 Å². The van der Waals surface area contributed by atoms with Crippen molar-refractivity contribution in [1.29, 1.82) is 0 Å². The van der Waals surface area contributed by atoms with Crippen molar-refractivity contribution in [2.45, 2.75) is 18.4 Å². The molecule has 0 saturated heterocycles. The van der Waals surface area contributed by atoms with Gasteiger partial charge in [0.1, 0.15) is 0 Å². The highest BCUT2D eigenvalue weighted by Crippen LogP contribution is 2.40. The highest BCUT2D eigenvalue weighted by Gasteiger charge is 2.43. The molecule has 0 bridgehead atoms. The maximum Gasteiger partial charge on any atom is 0.175 e. The molecule has 4 heteroatoms. The van der Waals surface area contributed by atoms with Gasteiger partial charge in [0.25, 0.3) is 0 Å². The van der Waals surface area contributed by atoms with Gasteiger partial charge in [0, 0.05) is 16.5 Å². The number of hydrogen-bond donors (Lipinski definition) is 0. The minimum absolute atomic E-state index is 0.0445. The number of nitrogens with zero attached hydrogens (tertiary/aromatic N) is 1. The second-order valence-electron chi connectivity index (χ2n) is 6.64. The number of ketones is 1. The standard InChI is InChI=1S/C23H18BrNO2/c24-20-13-11-19(12-14-20)23(16-22(26)18-9-5-2-6-10-18)15-21(25-27-23)17-7-3-1-4-8-17/h1-14H,15-16H2. The average Bonchev–Trinajstić information content (AvgIpc) is 3.15. The third-order valence-corrected chi connectivity index (χ3v) is 5.33. The summed E-state index contributed by atoms with van der Waals surface area (Å²) in [4.78, 5) is 18.9. The van der Waals surface area contributed by atoms with Gasteiger partial charge in [-0.2, -0.15) is 0 Å². The molecule has 1 unspecified atom stereocenters. The number of benzene rings is 3. The molecule has 0 fully saturated rings. The van der Waals surface area contributed by atoms with Crippen molar-refractivity contribution in [2.75, 3.05) is 0 Å². The van der Waals surface area contributed by atoms with E-state index >= 15 is 0 Å². The van der Waals surface area contributed by atoms with Crippen molar-refractivity contribution in [3.05, 3.63) is 106 Å². The first-order valence-corrected chi connectivity index (χ1v) is 9.60. The van der Waals surface area contributed by atoms with Gasteiger partial charge in [0.15, 0.2) is 11.4 Å². The normalized spacial score (nSPS) is 18.6. The minimum Gasteiger partial charge on any atom is -0.383 e. The van der Waals surface area contributed by atoms with Crippen molar-refractivity contribution in [2.24, 2.45) is 5.16 Å². The van der Waals surface area contributed by atoms with Crippen LogP contribution < -0.4 is 0 Å². The summed E-state index contributed by atoms with van der Waals surface area (Å²) in [6.07, 6.45) is 0.787. The van der Waals surface area contributed by atoms with E-state index in [0.717, 1.165) is 21.3 Å². The summed E-state index contributed by atoms with van der Waals surface area (Å²) >= 11 is 3.47. The summed E-state index contributed by atoms with van der Waals surface area (Å²) in [7, 11) is 0. The van der Waals surface area contributed by atoms with E-state index in [-0.39, 0.29) is 12.2 Å². The van der Waals surface area contributed by atoms with Gasteiger partial charge in [-0.25, -0.2) is 0 Å². The van der Waals surface area contributed by atoms with Crippen LogP contribution in [-0.4, -0.2) is 11.5 Å². The number of halogens is 1. The smallest absolute Gasteiger partial charge is 0.175 e. The molecule has 1 heterocycles. The SMILES string of the molecule is O=C(CC1(c2ccc(Br)cc2)CC(c2ccccc2)=NO1)c1ccccc1. The number of rotatable bonds is 5. The second kappa shape index (κ2) is 7.49. The summed E-state index contributed by atoms with van der Waals surface area (Å²) < 4.78 is 0.984. The fourth-order valence-electron chi connectivity index (χ4n) is 3.35. The third-order valence-electron chi connectivity index (χ3n) is 4.80. The van der Waals surface area contributed by atoms with Gasteiger partial charge in [-0.05, 0) is 23.3 Å². The van der Waals surface area contributed by atoms with Gasteiger partial charge in [-0.15, -0.1) is 0 Å². The summed E-state index contributed by atoms with van der Waals surface area (Å²) in [5.41, 5.74) is 2.72. The van der Waals surface area contributed by atoms with Crippen LogP contribution in [0.3, 0.4) is 0 Å². The van der Waals surface area contributed by atoms with Crippen LogP contribution in [0.2, 0.25) is 0 Å². The number of hydrogen-bond acceptors (Lipinski definition) is 3. The van der Waals surface area contributed by atoms with E-state index < -0.39 is 5.60 Å². The van der Waals surface area contributed by atoms with E-state index in [9.17, 15) is 4.79 Å². The Kier molecular flexibility index (Phi) is 4.90. The lowest BCUT2D eigenvalue weighted by atomic mass is 9.82. The van der Waals surface area contributed by atoms with Crippen molar-refractivity contribution >= 4 is 27.4 Å². The van der Waals surface area contributed by atoms with E-state index in [2.05, 4.69) is 21.1 Å². The Morgan fingerprint density at radius 2 is 1.56 bits per heavy atom. The molecule has 0 radical (unpaired) electrons. The highest BCUT2D eigenvalue weighted by molar-refractivity contribution is 9.10. The van der Waals surface area contributed by atoms with Crippen LogP contribution in [0.5, 0.6) is 0 Å². The quantitative estimate of drug-likeness (QED) is 0.494. The summed E-state index contributed by atoms with van der Waals surface area (Å²) in [6, 6.07) is 27.2. The molecule has 1 aliphatic heterocycles. The topological polar surface area (TPSA) is 38.7 Å². The maximum absolute atomic E-state index is 12.9. The molecule has 0 N–H and O–H groups in total. The number of Topliss-reactive ketones (excluding diaryl/α,β-unsaturated/α-hetero) is 1. The van der Waals surface area contributed by atoms with E-state index in [1.165, 1.54) is 0 Å². The second-order valence-corrected chi connectivity index (χ2v) is 7.55. The monoisotopic (exact) mass is 419 g/mol. The van der Waals surface area contributed by atoms with Crippen molar-refractivity contribution < 1.29 is 9.63 Å². The van der Waals surface area contributed by atoms with Crippen molar-refractivity contribution in [1.82, 2.24) is 0 Å². The minimum atomic E-state index is -0.793. The molecule has 3 nitrogen and oxygen atoms in total. The van der Waals surface area contributed by atoms with Gasteiger partial charge in [0.05, 0.1) is 12.1 Å². The fraction of sp³-hybridized carbons (Fsp3) is 0.130. The highest BCUT2D eigenvalue weighted by atomic mass is 79.9. The molecule has 134 valence electrons. The van der Waals surface area contributed by atoms with Crippen LogP contribution in [0.25, 0.3) is 0 Å². The van der Waals surface area contributed by atoms with Crippen LogP contribution in [0, 0.1) is 0 Å². The Morgan fingerprint density at radius 3 is 2.22 bits per heavy atom. The van der Waals surface area contributed by atoms with E-state index in [0.29, 0.717) is 12.0 Å². The summed E-state index contributed by atoms with van der Waals surface area (Å²) in [5, 5.41) is 4.36. The van der Waals surface area contributed by atoms with Gasteiger partial charge >= 0.3 is 0 Å². The van der Waals surface area contributed by atoms with E-state index in [1.54, 1.807) is 0 Å². The van der Waals surface area contributed by atoms with E-state index in [4.69, 9.17) is 4.84 Å². The summed E-state index contributed by atoms with van der Waals surface area (Å²) in [5.74, 6) is 0.0445. The molecule has 0 aromatic heterocycles. The Bertz CT molecular complexity index is 968. The molecule has 4 rings (SSSR count). The fourth-order valence-corrected chi connectivity index (χ4v) is 3.62. The first kappa shape index (κ1) is 17.7. The van der Waals surface area contributed by atoms with Gasteiger partial charge in [0.2, 0.25) is 0 Å². The predicted octanol–water partition coefficient (Wildman–Crippen LogP) is 5.74. The maximum atomic E-state index is 12.9. The van der Waals surface area contributed by atoms with Crippen LogP contribution >= 0.6 is 15.9 Å². The molecular weight excluding hydrogens is 402 g/mol. The van der Waals surface area contributed by atoms with Crippen molar-refractivity contribution in [3.8, 4) is 0 Å². The lowest BCUT2D eigenvalue weighted by molar-refractivity contribution is -0.0248. The van der Waals surface area contributed by atoms with Crippen LogP contribution in [0.15, 0.2) is 94.6 Å². The van der Waals surface area contributed by atoms with Gasteiger partial charge in [-0.3, -0.25) is 4.79 Å². The predicted molar refractivity (Wildman–Crippen MR) is 110 cm³/mol. The Balaban J connectivity index is 1.67. The largest absolute Gasteiger partial charge is 0.383 e. The molecule has 27 heavy (non-hydrogen) atoms. The molecule has 1 aliphatic rings. The summed E-state index contributed by atoms with van der Waals surface area (Å²) in [6.45, 7) is 0. The third kappa shape index (κ3) is 3.71. The number of oxime groups is 1. The lowest BCUT2D eigenvalue weighted by Gasteiger charge is -2.26. The zero-order valence-electron chi connectivity index (χ0n) is 14.6.